The summed E-state index contributed by atoms with van der Waals surface area (Å²) in [6.45, 7) is 11.0. The summed E-state index contributed by atoms with van der Waals surface area (Å²) >= 11 is 12.5. The highest BCUT2D eigenvalue weighted by Crippen LogP contribution is 2.35. The molecular formula is C28H32Cl2N2O3Si. The lowest BCUT2D eigenvalue weighted by molar-refractivity contribution is 0.0705. The predicted octanol–water partition coefficient (Wildman–Crippen LogP) is 7.04. The zero-order valence-corrected chi connectivity index (χ0v) is 23.9. The van der Waals surface area contributed by atoms with E-state index < -0.39 is 14.9 Å². The molecule has 0 spiro atoms. The van der Waals surface area contributed by atoms with E-state index in [0.717, 1.165) is 5.56 Å². The number of hydrogen-bond donors (Lipinski definition) is 2. The maximum absolute atomic E-state index is 13.4. The van der Waals surface area contributed by atoms with Gasteiger partial charge in [-0.25, -0.2) is 0 Å². The predicted molar refractivity (Wildman–Crippen MR) is 150 cm³/mol. The number of nitrogens with one attached hydrogen (secondary N) is 1. The molecule has 3 aromatic rings. The number of phenolic OH excluding ortho intramolecular Hbond substituents is 1. The first-order chi connectivity index (χ1) is 16.9. The van der Waals surface area contributed by atoms with Crippen molar-refractivity contribution in [1.29, 1.82) is 5.26 Å². The second kappa shape index (κ2) is 11.7. The van der Waals surface area contributed by atoms with E-state index in [0.29, 0.717) is 27.2 Å². The summed E-state index contributed by atoms with van der Waals surface area (Å²) in [4.78, 5) is 13.4. The Labute approximate surface area is 224 Å². The van der Waals surface area contributed by atoms with Gasteiger partial charge in [-0.15, -0.1) is 0 Å². The van der Waals surface area contributed by atoms with Gasteiger partial charge in [-0.2, -0.15) is 5.26 Å². The van der Waals surface area contributed by atoms with E-state index in [-0.39, 0.29) is 40.9 Å². The molecule has 0 saturated heterocycles. The quantitative estimate of drug-likeness (QED) is 0.299. The highest BCUT2D eigenvalue weighted by atomic mass is 35.5. The van der Waals surface area contributed by atoms with Crippen LogP contribution in [0.3, 0.4) is 0 Å². The first-order valence-electron chi connectivity index (χ1n) is 12.0. The summed E-state index contributed by atoms with van der Waals surface area (Å²) in [5.41, 5.74) is 0.984. The van der Waals surface area contributed by atoms with Crippen LogP contribution in [0.4, 0.5) is 0 Å². The van der Waals surface area contributed by atoms with Crippen molar-refractivity contribution in [2.45, 2.75) is 52.3 Å². The molecule has 8 heteroatoms. The molecule has 0 fully saturated rings. The van der Waals surface area contributed by atoms with Crippen molar-refractivity contribution in [3.05, 3.63) is 75.3 Å². The number of carbonyl (C=O) groups is 1. The summed E-state index contributed by atoms with van der Waals surface area (Å²) in [6, 6.07) is 16.3. The van der Waals surface area contributed by atoms with Gasteiger partial charge in [0.1, 0.15) is 11.8 Å². The second-order valence-electron chi connectivity index (χ2n) is 10.3. The van der Waals surface area contributed by atoms with Gasteiger partial charge in [-0.3, -0.25) is 4.79 Å². The fourth-order valence-corrected chi connectivity index (χ4v) is 5.74. The topological polar surface area (TPSA) is 82.3 Å². The van der Waals surface area contributed by atoms with Crippen LogP contribution >= 0.6 is 23.2 Å². The molecule has 3 aromatic carbocycles. The minimum Gasteiger partial charge on any atom is -0.506 e. The Bertz CT molecular complexity index is 1300. The fourth-order valence-electron chi connectivity index (χ4n) is 4.26. The number of nitriles is 1. The molecule has 3 rings (SSSR count). The van der Waals surface area contributed by atoms with Crippen molar-refractivity contribution in [2.24, 2.45) is 5.41 Å². The van der Waals surface area contributed by atoms with Crippen molar-refractivity contribution in [2.75, 3.05) is 6.54 Å². The molecular weight excluding hydrogens is 511 g/mol. The molecule has 5 nitrogen and oxygen atoms in total. The Morgan fingerprint density at radius 1 is 1.14 bits per heavy atom. The maximum Gasteiger partial charge on any atom is 0.255 e. The van der Waals surface area contributed by atoms with Crippen molar-refractivity contribution >= 4 is 48.9 Å². The second-order valence-corrected chi connectivity index (χ2v) is 13.5. The monoisotopic (exact) mass is 542 g/mol. The third-order valence-corrected chi connectivity index (χ3v) is 7.81. The third kappa shape index (κ3) is 6.60. The van der Waals surface area contributed by atoms with Crippen molar-refractivity contribution in [3.63, 3.8) is 0 Å². The number of hydrogen-bond acceptors (Lipinski definition) is 4. The zero-order chi connectivity index (χ0) is 26.6. The Balaban J connectivity index is 1.96. The van der Waals surface area contributed by atoms with Crippen LogP contribution in [0.5, 0.6) is 5.75 Å². The number of phenols is 1. The van der Waals surface area contributed by atoms with Gasteiger partial charge in [0.15, 0.2) is 9.04 Å². The van der Waals surface area contributed by atoms with E-state index in [1.807, 2.05) is 30.3 Å². The molecule has 0 bridgehead atoms. The SMILES string of the molecule is C[SiH](C)OC(C[C@H](CNC(=O)c1c(O)c(C#N)cc2ccccc12)c1ccc(Cl)c(Cl)c1)C(C)(C)C. The van der Waals surface area contributed by atoms with Crippen LogP contribution in [-0.4, -0.2) is 32.7 Å². The third-order valence-electron chi connectivity index (χ3n) is 6.19. The average molecular weight is 544 g/mol. The van der Waals surface area contributed by atoms with Gasteiger partial charge < -0.3 is 14.8 Å². The number of benzene rings is 3. The maximum atomic E-state index is 13.4. The van der Waals surface area contributed by atoms with Crippen LogP contribution in [0.1, 0.15) is 54.6 Å². The molecule has 190 valence electrons. The molecule has 0 aliphatic heterocycles. The minimum atomic E-state index is -1.33. The first kappa shape index (κ1) is 28.0. The molecule has 2 N–H and O–H groups in total. The summed E-state index contributed by atoms with van der Waals surface area (Å²) < 4.78 is 6.41. The highest BCUT2D eigenvalue weighted by Gasteiger charge is 2.30. The van der Waals surface area contributed by atoms with E-state index in [2.05, 4.69) is 39.2 Å². The summed E-state index contributed by atoms with van der Waals surface area (Å²) in [5.74, 6) is -0.882. The van der Waals surface area contributed by atoms with E-state index in [4.69, 9.17) is 27.6 Å². The number of nitrogens with zero attached hydrogens (tertiary/aromatic N) is 1. The van der Waals surface area contributed by atoms with E-state index in [9.17, 15) is 15.2 Å². The lowest BCUT2D eigenvalue weighted by atomic mass is 9.81. The molecule has 0 aromatic heterocycles. The molecule has 36 heavy (non-hydrogen) atoms. The standard InChI is InChI=1S/C28H32Cl2N2O3Si/c1-28(2,3)24(35-36(4)5)14-20(17-10-11-22(29)23(30)13-17)16-32-27(34)25-21-9-7-6-8-18(21)12-19(15-31)26(25)33/h6-13,20,24,33,36H,14,16H2,1-5H3,(H,32,34)/t20-,24?/m1/s1. The zero-order valence-electron chi connectivity index (χ0n) is 21.2. The van der Waals surface area contributed by atoms with Crippen LogP contribution in [-0.2, 0) is 4.43 Å². The molecule has 1 unspecified atom stereocenters. The number of fused-ring (bicyclic) bond motifs is 1. The van der Waals surface area contributed by atoms with Crippen molar-refractivity contribution in [1.82, 2.24) is 5.32 Å². The van der Waals surface area contributed by atoms with Crippen molar-refractivity contribution in [3.8, 4) is 11.8 Å². The Hall–Kier alpha value is -2.56. The van der Waals surface area contributed by atoms with Crippen LogP contribution in [0.2, 0.25) is 23.1 Å². The van der Waals surface area contributed by atoms with E-state index in [1.54, 1.807) is 24.3 Å². The van der Waals surface area contributed by atoms with Gasteiger partial charge in [0, 0.05) is 12.5 Å². The minimum absolute atomic E-state index is 0.0309. The number of amides is 1. The largest absolute Gasteiger partial charge is 0.506 e. The van der Waals surface area contributed by atoms with Crippen LogP contribution in [0.15, 0.2) is 48.5 Å². The van der Waals surface area contributed by atoms with E-state index >= 15 is 0 Å². The fraction of sp³-hybridized carbons (Fsp3) is 0.357. The van der Waals surface area contributed by atoms with Gasteiger partial charge in [-0.05, 0) is 59.5 Å². The molecule has 0 heterocycles. The Morgan fingerprint density at radius 2 is 1.83 bits per heavy atom. The van der Waals surface area contributed by atoms with Crippen LogP contribution < -0.4 is 5.32 Å². The number of rotatable bonds is 8. The lowest BCUT2D eigenvalue weighted by Crippen LogP contribution is -2.37. The van der Waals surface area contributed by atoms with Crippen molar-refractivity contribution < 1.29 is 14.3 Å². The molecule has 0 radical (unpaired) electrons. The normalized spacial score (nSPS) is 13.4. The van der Waals surface area contributed by atoms with Crippen LogP contribution in [0, 0.1) is 16.7 Å². The summed E-state index contributed by atoms with van der Waals surface area (Å²) in [6.07, 6.45) is 0.634. The molecule has 0 aliphatic carbocycles. The molecule has 0 aliphatic rings. The molecule has 2 atom stereocenters. The van der Waals surface area contributed by atoms with Gasteiger partial charge in [0.05, 0.1) is 27.3 Å². The average Bonchev–Trinajstić information content (AvgIpc) is 2.81. The Morgan fingerprint density at radius 3 is 2.44 bits per heavy atom. The Kier molecular flexibility index (Phi) is 9.07. The highest BCUT2D eigenvalue weighted by molar-refractivity contribution is 6.48. The van der Waals surface area contributed by atoms with E-state index in [1.165, 1.54) is 0 Å². The van der Waals surface area contributed by atoms with Gasteiger partial charge >= 0.3 is 0 Å². The summed E-state index contributed by atoms with van der Waals surface area (Å²) in [5, 5.41) is 25.4. The molecule has 0 saturated carbocycles. The van der Waals surface area contributed by atoms with Crippen LogP contribution in [0.25, 0.3) is 10.8 Å². The van der Waals surface area contributed by atoms with Gasteiger partial charge in [0.2, 0.25) is 0 Å². The first-order valence-corrected chi connectivity index (χ1v) is 15.5. The lowest BCUT2D eigenvalue weighted by Gasteiger charge is -2.35. The van der Waals surface area contributed by atoms with Gasteiger partial charge in [-0.1, -0.05) is 74.3 Å². The number of halogens is 2. The summed E-state index contributed by atoms with van der Waals surface area (Å²) in [7, 11) is -1.33. The molecule has 1 amide bonds. The van der Waals surface area contributed by atoms with Gasteiger partial charge in [0.25, 0.3) is 5.91 Å². The smallest absolute Gasteiger partial charge is 0.255 e. The number of aromatic hydroxyl groups is 1. The number of carbonyl (C=O) groups excluding carboxylic acids is 1.